The third-order valence-corrected chi connectivity index (χ3v) is 3.63. The van der Waals surface area contributed by atoms with Gasteiger partial charge in [-0.25, -0.2) is 4.98 Å². The Labute approximate surface area is 112 Å². The van der Waals surface area contributed by atoms with Crippen LogP contribution >= 0.6 is 27.7 Å². The summed E-state index contributed by atoms with van der Waals surface area (Å²) >= 11 is 4.81. The van der Waals surface area contributed by atoms with Crippen LogP contribution in [0.25, 0.3) is 0 Å². The van der Waals surface area contributed by atoms with Crippen LogP contribution in [-0.4, -0.2) is 10.8 Å². The molecule has 2 rings (SSSR count). The minimum absolute atomic E-state index is 0.0420. The molecule has 1 aromatic carbocycles. The summed E-state index contributed by atoms with van der Waals surface area (Å²) in [6.07, 6.45) is 1.61. The topological polar surface area (TPSA) is 43.1 Å². The van der Waals surface area contributed by atoms with Crippen LogP contribution in [0.5, 0.6) is 0 Å². The summed E-state index contributed by atoms with van der Waals surface area (Å²) in [5.41, 5.74) is 1.53. The number of carbonyl (C=O) groups is 1. The van der Waals surface area contributed by atoms with E-state index in [1.165, 1.54) is 11.8 Å². The van der Waals surface area contributed by atoms with Crippen LogP contribution in [0, 0.1) is 6.92 Å². The molecule has 0 saturated carbocycles. The van der Waals surface area contributed by atoms with E-state index < -0.39 is 0 Å². The zero-order chi connectivity index (χ0) is 12.4. The van der Waals surface area contributed by atoms with E-state index in [0.29, 0.717) is 10.8 Å². The minimum Gasteiger partial charge on any atom is -0.439 e. The number of halogens is 1. The number of ketones is 1. The molecule has 3 nitrogen and oxygen atoms in total. The van der Waals surface area contributed by atoms with Gasteiger partial charge >= 0.3 is 0 Å². The third kappa shape index (κ3) is 2.98. The maximum absolute atomic E-state index is 11.3. The molecule has 0 amide bonds. The van der Waals surface area contributed by atoms with Crippen molar-refractivity contribution in [3.05, 3.63) is 40.2 Å². The molecule has 88 valence electrons. The van der Waals surface area contributed by atoms with Gasteiger partial charge in [-0.15, -0.1) is 0 Å². The Morgan fingerprint density at radius 1 is 1.47 bits per heavy atom. The highest BCUT2D eigenvalue weighted by Crippen LogP contribution is 2.30. The summed E-state index contributed by atoms with van der Waals surface area (Å²) in [5.74, 6) is 0.0420. The van der Waals surface area contributed by atoms with E-state index in [4.69, 9.17) is 4.42 Å². The lowest BCUT2D eigenvalue weighted by atomic mass is 10.2. The highest BCUT2D eigenvalue weighted by atomic mass is 79.9. The fourth-order valence-corrected chi connectivity index (χ4v) is 2.93. The maximum atomic E-state index is 11.3. The van der Waals surface area contributed by atoms with Crippen molar-refractivity contribution < 1.29 is 9.21 Å². The Morgan fingerprint density at radius 2 is 2.24 bits per heavy atom. The van der Waals surface area contributed by atoms with Crippen LogP contribution in [-0.2, 0) is 0 Å². The second-order valence-corrected chi connectivity index (χ2v) is 5.43. The van der Waals surface area contributed by atoms with Gasteiger partial charge < -0.3 is 4.42 Å². The van der Waals surface area contributed by atoms with Gasteiger partial charge in [-0.2, -0.15) is 0 Å². The number of hydrogen-bond acceptors (Lipinski definition) is 4. The highest BCUT2D eigenvalue weighted by Gasteiger charge is 2.08. The summed E-state index contributed by atoms with van der Waals surface area (Å²) in [6, 6.07) is 5.57. The van der Waals surface area contributed by atoms with Crippen molar-refractivity contribution in [2.45, 2.75) is 24.0 Å². The Bertz CT molecular complexity index is 565. The molecule has 1 heterocycles. The van der Waals surface area contributed by atoms with E-state index in [0.717, 1.165) is 15.1 Å². The zero-order valence-electron chi connectivity index (χ0n) is 9.36. The molecular formula is C12H10BrNO2S. The number of nitrogens with zero attached hydrogens (tertiary/aromatic N) is 1. The van der Waals surface area contributed by atoms with Crippen molar-refractivity contribution >= 4 is 33.5 Å². The van der Waals surface area contributed by atoms with Gasteiger partial charge in [-0.1, -0.05) is 15.9 Å². The van der Waals surface area contributed by atoms with Crippen LogP contribution in [0.1, 0.15) is 23.0 Å². The number of benzene rings is 1. The van der Waals surface area contributed by atoms with E-state index in [9.17, 15) is 4.79 Å². The molecular weight excluding hydrogens is 302 g/mol. The van der Waals surface area contributed by atoms with Crippen LogP contribution < -0.4 is 0 Å². The minimum atomic E-state index is 0.0420. The highest BCUT2D eigenvalue weighted by molar-refractivity contribution is 9.10. The summed E-state index contributed by atoms with van der Waals surface area (Å²) in [4.78, 5) is 16.5. The normalized spacial score (nSPS) is 10.5. The van der Waals surface area contributed by atoms with Crippen LogP contribution in [0.4, 0.5) is 0 Å². The van der Waals surface area contributed by atoms with Crippen molar-refractivity contribution in [3.63, 3.8) is 0 Å². The second-order valence-electron chi connectivity index (χ2n) is 3.55. The van der Waals surface area contributed by atoms with Crippen molar-refractivity contribution in [2.24, 2.45) is 0 Å². The fraction of sp³-hybridized carbons (Fsp3) is 0.167. The third-order valence-electron chi connectivity index (χ3n) is 2.12. The van der Waals surface area contributed by atoms with Gasteiger partial charge in [0.05, 0.1) is 5.69 Å². The summed E-state index contributed by atoms with van der Waals surface area (Å²) < 4.78 is 6.05. The Kier molecular flexibility index (Phi) is 3.69. The molecule has 0 atom stereocenters. The zero-order valence-corrected chi connectivity index (χ0v) is 11.8. The van der Waals surface area contributed by atoms with Crippen molar-refractivity contribution in [1.82, 2.24) is 4.98 Å². The maximum Gasteiger partial charge on any atom is 0.260 e. The molecule has 0 unspecified atom stereocenters. The molecule has 1 aromatic heterocycles. The lowest BCUT2D eigenvalue weighted by molar-refractivity contribution is 0.101. The Hall–Kier alpha value is -1.07. The molecule has 0 aliphatic heterocycles. The van der Waals surface area contributed by atoms with Crippen molar-refractivity contribution in [1.29, 1.82) is 0 Å². The smallest absolute Gasteiger partial charge is 0.260 e. The average Bonchev–Trinajstić information content (AvgIpc) is 2.63. The summed E-state index contributed by atoms with van der Waals surface area (Å²) in [7, 11) is 0. The SMILES string of the molecule is CC(=O)c1ccc(Sc2nc(C)co2)cc1Br. The lowest BCUT2D eigenvalue weighted by Crippen LogP contribution is -1.93. The number of aryl methyl sites for hydroxylation is 1. The van der Waals surface area contributed by atoms with Crippen LogP contribution in [0.3, 0.4) is 0 Å². The van der Waals surface area contributed by atoms with E-state index >= 15 is 0 Å². The monoisotopic (exact) mass is 311 g/mol. The van der Waals surface area contributed by atoms with Gasteiger partial charge in [-0.3, -0.25) is 4.79 Å². The number of carbonyl (C=O) groups excluding carboxylic acids is 1. The molecule has 2 aromatic rings. The largest absolute Gasteiger partial charge is 0.439 e. The predicted octanol–water partition coefficient (Wildman–Crippen LogP) is 4.10. The molecule has 5 heteroatoms. The quantitative estimate of drug-likeness (QED) is 0.800. The Balaban J connectivity index is 2.23. The number of aromatic nitrogens is 1. The van der Waals surface area contributed by atoms with E-state index in [2.05, 4.69) is 20.9 Å². The first-order chi connectivity index (χ1) is 8.06. The van der Waals surface area contributed by atoms with Gasteiger partial charge in [0.1, 0.15) is 6.26 Å². The first-order valence-corrected chi connectivity index (χ1v) is 6.57. The van der Waals surface area contributed by atoms with Crippen molar-refractivity contribution in [2.75, 3.05) is 0 Å². The summed E-state index contributed by atoms with van der Waals surface area (Å²) in [6.45, 7) is 3.42. The van der Waals surface area contributed by atoms with E-state index in [1.54, 1.807) is 19.3 Å². The van der Waals surface area contributed by atoms with E-state index in [1.807, 2.05) is 19.1 Å². The lowest BCUT2D eigenvalue weighted by Gasteiger charge is -2.02. The van der Waals surface area contributed by atoms with Crippen LogP contribution in [0.15, 0.2) is 43.5 Å². The van der Waals surface area contributed by atoms with Gasteiger partial charge in [-0.05, 0) is 43.8 Å². The number of rotatable bonds is 3. The molecule has 0 saturated heterocycles. The molecule has 0 fully saturated rings. The van der Waals surface area contributed by atoms with Gasteiger partial charge in [0.15, 0.2) is 5.78 Å². The first kappa shape index (κ1) is 12.4. The van der Waals surface area contributed by atoms with Gasteiger partial charge in [0, 0.05) is 14.9 Å². The second kappa shape index (κ2) is 5.06. The standard InChI is InChI=1S/C12H10BrNO2S/c1-7-6-16-12(14-7)17-9-3-4-10(8(2)15)11(13)5-9/h3-6H,1-2H3. The fourth-order valence-electron chi connectivity index (χ4n) is 1.32. The molecule has 0 bridgehead atoms. The number of oxazole rings is 1. The predicted molar refractivity (Wildman–Crippen MR) is 69.5 cm³/mol. The van der Waals surface area contributed by atoms with Crippen LogP contribution in [0.2, 0.25) is 0 Å². The Morgan fingerprint density at radius 3 is 2.76 bits per heavy atom. The van der Waals surface area contributed by atoms with E-state index in [-0.39, 0.29) is 5.78 Å². The molecule has 0 aliphatic rings. The molecule has 0 radical (unpaired) electrons. The molecule has 0 aliphatic carbocycles. The average molecular weight is 312 g/mol. The molecule has 0 N–H and O–H groups in total. The molecule has 0 spiro atoms. The number of hydrogen-bond donors (Lipinski definition) is 0. The van der Waals surface area contributed by atoms with Gasteiger partial charge in [0.2, 0.25) is 0 Å². The van der Waals surface area contributed by atoms with Gasteiger partial charge in [0.25, 0.3) is 5.22 Å². The molecule has 17 heavy (non-hydrogen) atoms. The van der Waals surface area contributed by atoms with Crippen molar-refractivity contribution in [3.8, 4) is 0 Å². The summed E-state index contributed by atoms with van der Waals surface area (Å²) in [5, 5.41) is 0.602. The number of Topliss-reactive ketones (excluding diaryl/α,β-unsaturated/α-hetero) is 1. The first-order valence-electron chi connectivity index (χ1n) is 4.97.